The molecule has 0 saturated heterocycles. The molecule has 0 spiro atoms. The first kappa shape index (κ1) is 13.5. The first-order valence-corrected chi connectivity index (χ1v) is 6.93. The normalized spacial score (nSPS) is 14.8. The Bertz CT molecular complexity index is 734. The maximum Gasteiger partial charge on any atom is 0.253 e. The van der Waals surface area contributed by atoms with Crippen LogP contribution in [0.4, 0.5) is 5.69 Å². The second kappa shape index (κ2) is 4.84. The summed E-state index contributed by atoms with van der Waals surface area (Å²) >= 11 is 0. The van der Waals surface area contributed by atoms with Gasteiger partial charge >= 0.3 is 0 Å². The first-order chi connectivity index (χ1) is 9.95. The van der Waals surface area contributed by atoms with Crippen molar-refractivity contribution >= 4 is 17.3 Å². The number of aromatic nitrogens is 2. The molecule has 1 amide bonds. The Morgan fingerprint density at radius 2 is 1.81 bits per heavy atom. The number of benzene rings is 1. The zero-order chi connectivity index (χ0) is 15.1. The van der Waals surface area contributed by atoms with E-state index in [1.807, 2.05) is 27.1 Å². The van der Waals surface area contributed by atoms with Crippen molar-refractivity contribution < 1.29 is 4.79 Å². The molecule has 0 fully saturated rings. The number of rotatable bonds is 2. The fourth-order valence-electron chi connectivity index (χ4n) is 2.84. The van der Waals surface area contributed by atoms with Crippen molar-refractivity contribution in [3.63, 3.8) is 0 Å². The van der Waals surface area contributed by atoms with Gasteiger partial charge in [-0.1, -0.05) is 17.7 Å². The van der Waals surface area contributed by atoms with Gasteiger partial charge in [-0.25, -0.2) is 0 Å². The van der Waals surface area contributed by atoms with Gasteiger partial charge in [-0.2, -0.15) is 15.2 Å². The van der Waals surface area contributed by atoms with E-state index in [-0.39, 0.29) is 5.91 Å². The molecule has 1 aliphatic rings. The average Bonchev–Trinajstić information content (AvgIpc) is 2.95. The van der Waals surface area contributed by atoms with Crippen LogP contribution in [0.1, 0.15) is 28.7 Å². The number of hydrogen-bond acceptors (Lipinski definition) is 3. The highest BCUT2D eigenvalue weighted by molar-refractivity contribution is 6.19. The van der Waals surface area contributed by atoms with Crippen molar-refractivity contribution in [2.75, 3.05) is 5.01 Å². The fourth-order valence-corrected chi connectivity index (χ4v) is 2.84. The topological polar surface area (TPSA) is 50.5 Å². The Kier molecular flexibility index (Phi) is 3.12. The molecular formula is C16H18N4O. The summed E-state index contributed by atoms with van der Waals surface area (Å²) in [5.41, 5.74) is 5.89. The minimum atomic E-state index is 0.00362. The molecule has 0 radical (unpaired) electrons. The molecule has 1 aromatic heterocycles. The number of carbonyl (C=O) groups excluding carboxylic acids is 1. The maximum absolute atomic E-state index is 12.3. The molecule has 0 atom stereocenters. The van der Waals surface area contributed by atoms with Gasteiger partial charge in [-0.3, -0.25) is 9.48 Å². The third-order valence-corrected chi connectivity index (χ3v) is 3.66. The quantitative estimate of drug-likeness (QED) is 0.849. The molecule has 3 rings (SSSR count). The van der Waals surface area contributed by atoms with Crippen LogP contribution in [0, 0.1) is 20.8 Å². The first-order valence-electron chi connectivity index (χ1n) is 6.93. The minimum absolute atomic E-state index is 0.00362. The Balaban J connectivity index is 2.03. The molecule has 5 heteroatoms. The summed E-state index contributed by atoms with van der Waals surface area (Å²) in [7, 11) is 1.85. The van der Waals surface area contributed by atoms with E-state index in [1.54, 1.807) is 10.9 Å². The highest BCUT2D eigenvalue weighted by Gasteiger charge is 2.28. The molecule has 2 heterocycles. The Morgan fingerprint density at radius 1 is 1.14 bits per heavy atom. The number of nitrogens with zero attached hydrogens (tertiary/aromatic N) is 4. The van der Waals surface area contributed by atoms with Crippen LogP contribution >= 0.6 is 0 Å². The molecule has 21 heavy (non-hydrogen) atoms. The van der Waals surface area contributed by atoms with Gasteiger partial charge in [0.1, 0.15) is 0 Å². The van der Waals surface area contributed by atoms with Gasteiger partial charge < -0.3 is 0 Å². The van der Waals surface area contributed by atoms with Crippen molar-refractivity contribution in [3.05, 3.63) is 46.8 Å². The van der Waals surface area contributed by atoms with Gasteiger partial charge in [0.15, 0.2) is 0 Å². The number of carbonyl (C=O) groups is 1. The minimum Gasteiger partial charge on any atom is -0.275 e. The van der Waals surface area contributed by atoms with Gasteiger partial charge in [-0.15, -0.1) is 0 Å². The van der Waals surface area contributed by atoms with Crippen LogP contribution in [0.5, 0.6) is 0 Å². The van der Waals surface area contributed by atoms with Gasteiger partial charge in [0.2, 0.25) is 0 Å². The summed E-state index contributed by atoms with van der Waals surface area (Å²) in [4.78, 5) is 12.3. The van der Waals surface area contributed by atoms with Crippen molar-refractivity contribution in [2.24, 2.45) is 12.1 Å². The molecule has 0 saturated carbocycles. The molecule has 0 aliphatic carbocycles. The summed E-state index contributed by atoms with van der Waals surface area (Å²) in [6, 6.07) is 4.15. The Hall–Kier alpha value is -2.43. The van der Waals surface area contributed by atoms with Crippen molar-refractivity contribution in [2.45, 2.75) is 27.2 Å². The van der Waals surface area contributed by atoms with E-state index in [0.717, 1.165) is 28.1 Å². The summed E-state index contributed by atoms with van der Waals surface area (Å²) in [6.07, 6.45) is 3.94. The monoisotopic (exact) mass is 282 g/mol. The fraction of sp³-hybridized carbons (Fsp3) is 0.312. The van der Waals surface area contributed by atoms with E-state index < -0.39 is 0 Å². The van der Waals surface area contributed by atoms with E-state index in [4.69, 9.17) is 0 Å². The van der Waals surface area contributed by atoms with Gasteiger partial charge in [0.25, 0.3) is 5.91 Å². The number of amides is 1. The molecule has 0 bridgehead atoms. The van der Waals surface area contributed by atoms with Crippen LogP contribution in [0.2, 0.25) is 0 Å². The third-order valence-electron chi connectivity index (χ3n) is 3.66. The predicted octanol–water partition coefficient (Wildman–Crippen LogP) is 2.49. The van der Waals surface area contributed by atoms with Crippen LogP contribution in [-0.4, -0.2) is 21.4 Å². The van der Waals surface area contributed by atoms with Crippen LogP contribution in [0.25, 0.3) is 0 Å². The van der Waals surface area contributed by atoms with Crippen LogP contribution in [0.15, 0.2) is 29.6 Å². The Labute approximate surface area is 123 Å². The van der Waals surface area contributed by atoms with Crippen molar-refractivity contribution in [1.82, 2.24) is 9.78 Å². The molecular weight excluding hydrogens is 264 g/mol. The number of aryl methyl sites for hydroxylation is 4. The summed E-state index contributed by atoms with van der Waals surface area (Å²) in [6.45, 7) is 6.08. The largest absolute Gasteiger partial charge is 0.275 e. The summed E-state index contributed by atoms with van der Waals surface area (Å²) in [5, 5.41) is 10.2. The maximum atomic E-state index is 12.3. The molecule has 5 nitrogen and oxygen atoms in total. The average molecular weight is 282 g/mol. The second-order valence-corrected chi connectivity index (χ2v) is 5.58. The lowest BCUT2D eigenvalue weighted by atomic mass is 10.0. The van der Waals surface area contributed by atoms with Crippen LogP contribution < -0.4 is 5.01 Å². The zero-order valence-electron chi connectivity index (χ0n) is 12.7. The zero-order valence-corrected chi connectivity index (χ0v) is 12.7. The van der Waals surface area contributed by atoms with Crippen molar-refractivity contribution in [1.29, 1.82) is 0 Å². The Morgan fingerprint density at radius 3 is 2.38 bits per heavy atom. The van der Waals surface area contributed by atoms with E-state index in [9.17, 15) is 4.79 Å². The molecule has 1 aromatic carbocycles. The van der Waals surface area contributed by atoms with Crippen LogP contribution in [-0.2, 0) is 11.8 Å². The predicted molar refractivity (Wildman–Crippen MR) is 82.5 cm³/mol. The van der Waals surface area contributed by atoms with E-state index in [0.29, 0.717) is 6.42 Å². The summed E-state index contributed by atoms with van der Waals surface area (Å²) in [5.74, 6) is 0.00362. The standard InChI is InChI=1S/C16H18N4O/c1-10-5-11(2)16(12(3)6-10)20-15(21)7-14(18-20)13-8-17-19(4)9-13/h5-6,8-9H,7H2,1-4H3. The van der Waals surface area contributed by atoms with Gasteiger partial charge in [0, 0.05) is 18.8 Å². The SMILES string of the molecule is Cc1cc(C)c(N2N=C(c3cnn(C)c3)CC2=O)c(C)c1. The van der Waals surface area contributed by atoms with E-state index in [1.165, 1.54) is 10.6 Å². The summed E-state index contributed by atoms with van der Waals surface area (Å²) < 4.78 is 1.72. The van der Waals surface area contributed by atoms with E-state index in [2.05, 4.69) is 29.3 Å². The second-order valence-electron chi connectivity index (χ2n) is 5.58. The molecule has 1 aliphatic heterocycles. The lowest BCUT2D eigenvalue weighted by molar-refractivity contribution is -0.116. The smallest absolute Gasteiger partial charge is 0.253 e. The number of hydrogen-bond donors (Lipinski definition) is 0. The highest BCUT2D eigenvalue weighted by Crippen LogP contribution is 2.30. The number of anilines is 1. The lowest BCUT2D eigenvalue weighted by Gasteiger charge is -2.18. The van der Waals surface area contributed by atoms with Crippen molar-refractivity contribution in [3.8, 4) is 0 Å². The molecule has 2 aromatic rings. The van der Waals surface area contributed by atoms with Gasteiger partial charge in [0.05, 0.1) is 24.0 Å². The number of hydrazone groups is 1. The molecule has 0 N–H and O–H groups in total. The van der Waals surface area contributed by atoms with Gasteiger partial charge in [-0.05, 0) is 31.9 Å². The van der Waals surface area contributed by atoms with Crippen LogP contribution in [0.3, 0.4) is 0 Å². The van der Waals surface area contributed by atoms with E-state index >= 15 is 0 Å². The lowest BCUT2D eigenvalue weighted by Crippen LogP contribution is -2.21. The molecule has 0 unspecified atom stereocenters. The third kappa shape index (κ3) is 2.35. The molecule has 108 valence electrons. The highest BCUT2D eigenvalue weighted by atomic mass is 16.2.